The third-order valence-corrected chi connectivity index (χ3v) is 3.58. The van der Waals surface area contributed by atoms with Crippen molar-refractivity contribution in [3.05, 3.63) is 29.6 Å². The highest BCUT2D eigenvalue weighted by atomic mass is 19.1. The van der Waals surface area contributed by atoms with E-state index in [1.54, 1.807) is 6.07 Å². The van der Waals surface area contributed by atoms with Gasteiger partial charge in [0.25, 0.3) is 5.91 Å². The van der Waals surface area contributed by atoms with E-state index in [2.05, 4.69) is 6.92 Å². The van der Waals surface area contributed by atoms with Crippen LogP contribution in [-0.2, 0) is 0 Å². The minimum atomic E-state index is -0.614. The molecular weight excluding hydrogens is 233 g/mol. The van der Waals surface area contributed by atoms with E-state index in [1.807, 2.05) is 4.90 Å². The van der Waals surface area contributed by atoms with Crippen LogP contribution in [0.2, 0.25) is 0 Å². The Bertz CT molecular complexity index is 464. The molecule has 1 aliphatic rings. The molecule has 4 nitrogen and oxygen atoms in total. The standard InChI is InChI=1S/C13H18FN3O/c1-8-4-5-17(7-11(8)15)12-3-2-9(14)6-10(12)13(16)18/h2-3,6,8,11H,4-5,7,15H2,1H3,(H2,16,18). The Balaban J connectivity index is 2.30. The Hall–Kier alpha value is -1.62. The second-order valence-corrected chi connectivity index (χ2v) is 4.90. The Morgan fingerprint density at radius 1 is 1.50 bits per heavy atom. The second kappa shape index (κ2) is 4.94. The first kappa shape index (κ1) is 12.8. The Morgan fingerprint density at radius 3 is 2.83 bits per heavy atom. The molecule has 0 aromatic heterocycles. The van der Waals surface area contributed by atoms with Gasteiger partial charge in [-0.2, -0.15) is 0 Å². The first-order valence-electron chi connectivity index (χ1n) is 6.09. The van der Waals surface area contributed by atoms with E-state index in [9.17, 15) is 9.18 Å². The quantitative estimate of drug-likeness (QED) is 0.826. The number of carbonyl (C=O) groups is 1. The fourth-order valence-electron chi connectivity index (χ4n) is 2.30. The van der Waals surface area contributed by atoms with Crippen molar-refractivity contribution in [1.82, 2.24) is 0 Å². The second-order valence-electron chi connectivity index (χ2n) is 4.90. The fourth-order valence-corrected chi connectivity index (χ4v) is 2.30. The predicted octanol–water partition coefficient (Wildman–Crippen LogP) is 1.10. The van der Waals surface area contributed by atoms with Gasteiger partial charge >= 0.3 is 0 Å². The summed E-state index contributed by atoms with van der Waals surface area (Å²) in [5.41, 5.74) is 12.2. The molecule has 0 bridgehead atoms. The number of carbonyl (C=O) groups excluding carboxylic acids is 1. The van der Waals surface area contributed by atoms with Crippen LogP contribution in [0, 0.1) is 11.7 Å². The Kier molecular flexibility index (Phi) is 3.52. The summed E-state index contributed by atoms with van der Waals surface area (Å²) < 4.78 is 13.2. The normalized spacial score (nSPS) is 24.1. The minimum Gasteiger partial charge on any atom is -0.369 e. The lowest BCUT2D eigenvalue weighted by Gasteiger charge is -2.37. The van der Waals surface area contributed by atoms with E-state index < -0.39 is 11.7 Å². The van der Waals surface area contributed by atoms with Crippen molar-refractivity contribution in [3.63, 3.8) is 0 Å². The molecule has 1 heterocycles. The number of hydrogen-bond donors (Lipinski definition) is 2. The molecule has 1 aromatic rings. The van der Waals surface area contributed by atoms with E-state index in [4.69, 9.17) is 11.5 Å². The summed E-state index contributed by atoms with van der Waals surface area (Å²) in [4.78, 5) is 13.4. The van der Waals surface area contributed by atoms with E-state index >= 15 is 0 Å². The molecule has 2 unspecified atom stereocenters. The first-order valence-corrected chi connectivity index (χ1v) is 6.09. The Labute approximate surface area is 106 Å². The molecule has 0 aliphatic carbocycles. The smallest absolute Gasteiger partial charge is 0.250 e. The highest BCUT2D eigenvalue weighted by Gasteiger charge is 2.25. The lowest BCUT2D eigenvalue weighted by molar-refractivity contribution is 0.1000. The van der Waals surface area contributed by atoms with Crippen LogP contribution in [0.15, 0.2) is 18.2 Å². The van der Waals surface area contributed by atoms with Crippen molar-refractivity contribution in [1.29, 1.82) is 0 Å². The van der Waals surface area contributed by atoms with Gasteiger partial charge in [-0.1, -0.05) is 6.92 Å². The molecule has 5 heteroatoms. The number of nitrogens with zero attached hydrogens (tertiary/aromatic N) is 1. The minimum absolute atomic E-state index is 0.0597. The highest BCUT2D eigenvalue weighted by Crippen LogP contribution is 2.26. The van der Waals surface area contributed by atoms with Crippen molar-refractivity contribution in [3.8, 4) is 0 Å². The number of primary amides is 1. The largest absolute Gasteiger partial charge is 0.369 e. The molecule has 1 saturated heterocycles. The van der Waals surface area contributed by atoms with Crippen molar-refractivity contribution < 1.29 is 9.18 Å². The molecular formula is C13H18FN3O. The molecule has 0 spiro atoms. The van der Waals surface area contributed by atoms with Gasteiger partial charge in [0.1, 0.15) is 5.82 Å². The number of benzene rings is 1. The third kappa shape index (κ3) is 2.46. The molecule has 1 aliphatic heterocycles. The summed E-state index contributed by atoms with van der Waals surface area (Å²) in [5, 5.41) is 0. The first-order chi connectivity index (χ1) is 8.49. The summed E-state index contributed by atoms with van der Waals surface area (Å²) in [5.74, 6) is -0.613. The maximum Gasteiger partial charge on any atom is 0.250 e. The van der Waals surface area contributed by atoms with Gasteiger partial charge in [0.2, 0.25) is 0 Å². The lowest BCUT2D eigenvalue weighted by atomic mass is 9.93. The zero-order chi connectivity index (χ0) is 13.3. The van der Waals surface area contributed by atoms with Crippen molar-refractivity contribution in [2.24, 2.45) is 17.4 Å². The zero-order valence-corrected chi connectivity index (χ0v) is 10.4. The molecule has 1 amide bonds. The van der Waals surface area contributed by atoms with Crippen LogP contribution in [-0.4, -0.2) is 25.0 Å². The van der Waals surface area contributed by atoms with Gasteiger partial charge in [-0.3, -0.25) is 4.79 Å². The summed E-state index contributed by atoms with van der Waals surface area (Å²) in [6.07, 6.45) is 0.955. The number of piperidine rings is 1. The molecule has 98 valence electrons. The number of rotatable bonds is 2. The molecule has 2 atom stereocenters. The maximum absolute atomic E-state index is 13.2. The molecule has 0 saturated carbocycles. The van der Waals surface area contributed by atoms with Gasteiger partial charge in [0.05, 0.1) is 5.56 Å². The van der Waals surface area contributed by atoms with Crippen LogP contribution in [0.4, 0.5) is 10.1 Å². The molecule has 2 rings (SSSR count). The number of halogens is 1. The van der Waals surface area contributed by atoms with Crippen LogP contribution in [0.3, 0.4) is 0 Å². The predicted molar refractivity (Wildman–Crippen MR) is 68.9 cm³/mol. The monoisotopic (exact) mass is 251 g/mol. The molecule has 4 N–H and O–H groups in total. The van der Waals surface area contributed by atoms with Crippen molar-refractivity contribution in [2.75, 3.05) is 18.0 Å². The van der Waals surface area contributed by atoms with Gasteiger partial charge < -0.3 is 16.4 Å². The van der Waals surface area contributed by atoms with Crippen molar-refractivity contribution >= 4 is 11.6 Å². The van der Waals surface area contributed by atoms with E-state index in [0.29, 0.717) is 18.2 Å². The average Bonchev–Trinajstić information content (AvgIpc) is 2.32. The number of nitrogens with two attached hydrogens (primary N) is 2. The number of anilines is 1. The SMILES string of the molecule is CC1CCN(c2ccc(F)cc2C(N)=O)CC1N. The summed E-state index contributed by atoms with van der Waals surface area (Å²) in [7, 11) is 0. The fraction of sp³-hybridized carbons (Fsp3) is 0.462. The van der Waals surface area contributed by atoms with Gasteiger partial charge in [0, 0.05) is 24.8 Å². The van der Waals surface area contributed by atoms with Crippen LogP contribution in [0.1, 0.15) is 23.7 Å². The van der Waals surface area contributed by atoms with Crippen LogP contribution in [0.25, 0.3) is 0 Å². The number of hydrogen-bond acceptors (Lipinski definition) is 3. The molecule has 1 aromatic carbocycles. The average molecular weight is 251 g/mol. The van der Waals surface area contributed by atoms with Crippen LogP contribution < -0.4 is 16.4 Å². The van der Waals surface area contributed by atoms with Crippen LogP contribution in [0.5, 0.6) is 0 Å². The van der Waals surface area contributed by atoms with Gasteiger partial charge in [-0.15, -0.1) is 0 Å². The summed E-state index contributed by atoms with van der Waals surface area (Å²) in [6, 6.07) is 4.18. The van der Waals surface area contributed by atoms with Gasteiger partial charge in [0.15, 0.2) is 0 Å². The van der Waals surface area contributed by atoms with E-state index in [-0.39, 0.29) is 11.6 Å². The van der Waals surface area contributed by atoms with E-state index in [1.165, 1.54) is 12.1 Å². The molecule has 1 fully saturated rings. The van der Waals surface area contributed by atoms with Crippen LogP contribution >= 0.6 is 0 Å². The highest BCUT2D eigenvalue weighted by molar-refractivity contribution is 5.98. The third-order valence-electron chi connectivity index (χ3n) is 3.58. The van der Waals surface area contributed by atoms with Crippen molar-refractivity contribution in [2.45, 2.75) is 19.4 Å². The lowest BCUT2D eigenvalue weighted by Crippen LogP contribution is -2.48. The topological polar surface area (TPSA) is 72.3 Å². The summed E-state index contributed by atoms with van der Waals surface area (Å²) in [6.45, 7) is 3.58. The van der Waals surface area contributed by atoms with E-state index in [0.717, 1.165) is 13.0 Å². The Morgan fingerprint density at radius 2 is 2.22 bits per heavy atom. The maximum atomic E-state index is 13.2. The molecule has 0 radical (unpaired) electrons. The molecule has 18 heavy (non-hydrogen) atoms. The zero-order valence-electron chi connectivity index (χ0n) is 10.4. The summed E-state index contributed by atoms with van der Waals surface area (Å²) >= 11 is 0. The van der Waals surface area contributed by atoms with Gasteiger partial charge in [-0.25, -0.2) is 4.39 Å². The number of amides is 1. The van der Waals surface area contributed by atoms with Gasteiger partial charge in [-0.05, 0) is 30.5 Å².